The Bertz CT molecular complexity index is 1810. The highest BCUT2D eigenvalue weighted by Gasteiger charge is 2.40. The summed E-state index contributed by atoms with van der Waals surface area (Å²) in [5.74, 6) is -0.971. The number of ether oxygens (including phenoxy) is 4. The minimum atomic E-state index is -4.32. The van der Waals surface area contributed by atoms with Gasteiger partial charge in [-0.2, -0.15) is 13.1 Å². The van der Waals surface area contributed by atoms with Crippen molar-refractivity contribution in [2.24, 2.45) is 5.92 Å². The van der Waals surface area contributed by atoms with Crippen molar-refractivity contribution in [1.29, 1.82) is 0 Å². The van der Waals surface area contributed by atoms with Gasteiger partial charge in [0.1, 0.15) is 17.9 Å². The zero-order chi connectivity index (χ0) is 36.2. The Morgan fingerprint density at radius 2 is 1.70 bits per heavy atom. The van der Waals surface area contributed by atoms with Crippen LogP contribution in [0.1, 0.15) is 59.7 Å². The summed E-state index contributed by atoms with van der Waals surface area (Å²) in [6.07, 6.45) is 4.70. The maximum Gasteiger partial charge on any atom is 0.387 e. The number of carbonyl (C=O) groups is 2. The lowest BCUT2D eigenvalue weighted by Crippen LogP contribution is -2.48. The minimum Gasteiger partial charge on any atom is -0.496 e. The van der Waals surface area contributed by atoms with E-state index in [4.69, 9.17) is 37.4 Å². The summed E-state index contributed by atoms with van der Waals surface area (Å²) < 4.78 is 77.7. The van der Waals surface area contributed by atoms with Crippen molar-refractivity contribution in [3.05, 3.63) is 75.5 Å². The average molecular weight is 757 g/mol. The number of carbonyl (C=O) groups excluding carboxylic acids is 2. The molecule has 270 valence electrons. The average Bonchev–Trinajstić information content (AvgIpc) is 3.92. The van der Waals surface area contributed by atoms with Crippen molar-refractivity contribution in [3.63, 3.8) is 0 Å². The number of hydrogen-bond acceptors (Lipinski definition) is 9. The summed E-state index contributed by atoms with van der Waals surface area (Å²) >= 11 is 12.9. The Morgan fingerprint density at radius 1 is 1.00 bits per heavy atom. The number of alkyl halides is 2. The van der Waals surface area contributed by atoms with Gasteiger partial charge in [-0.25, -0.2) is 8.42 Å². The molecule has 1 unspecified atom stereocenters. The van der Waals surface area contributed by atoms with Crippen LogP contribution in [0.4, 0.5) is 8.78 Å². The Hall–Kier alpha value is -3.72. The van der Waals surface area contributed by atoms with Gasteiger partial charge in [-0.15, -0.1) is 0 Å². The molecule has 50 heavy (non-hydrogen) atoms. The summed E-state index contributed by atoms with van der Waals surface area (Å²) in [6, 6.07) is 6.94. The standard InChI is InChI=1S/C34H37Cl2F2N3O8S/c1-40(2)32(42)24-15-22(10-12-28(24)46-3)50(44,45)41-13-5-4-6-27(41)33(43)48-30(16-23-25(35)17-39-18-26(23)36)21-9-11-29(49-34(37)38)31(14-21)47-19-20-7-8-20/h9-12,14-15,17-18,20,27,30,34H,4-8,13,16,19H2,1-3H3/t27-,30?/m0/s1. The van der Waals surface area contributed by atoms with E-state index in [-0.39, 0.29) is 63.7 Å². The molecule has 2 aliphatic rings. The molecular weight excluding hydrogens is 719 g/mol. The fourth-order valence-electron chi connectivity index (χ4n) is 5.61. The van der Waals surface area contributed by atoms with Crippen LogP contribution in [-0.4, -0.2) is 81.5 Å². The topological polar surface area (TPSA) is 125 Å². The van der Waals surface area contributed by atoms with Crippen LogP contribution in [-0.2, 0) is 26.0 Å². The highest BCUT2D eigenvalue weighted by molar-refractivity contribution is 7.89. The van der Waals surface area contributed by atoms with E-state index in [1.165, 1.54) is 74.9 Å². The first-order valence-corrected chi connectivity index (χ1v) is 18.1. The lowest BCUT2D eigenvalue weighted by Gasteiger charge is -2.34. The summed E-state index contributed by atoms with van der Waals surface area (Å²) in [5, 5.41) is 0.400. The Balaban J connectivity index is 1.49. The van der Waals surface area contributed by atoms with Gasteiger partial charge in [0, 0.05) is 39.5 Å². The fourth-order valence-corrected chi connectivity index (χ4v) is 7.80. The van der Waals surface area contributed by atoms with Crippen molar-refractivity contribution >= 4 is 45.1 Å². The molecule has 0 spiro atoms. The molecule has 1 aliphatic heterocycles. The highest BCUT2D eigenvalue weighted by Crippen LogP contribution is 2.39. The number of sulfonamides is 1. The molecule has 1 saturated heterocycles. The first kappa shape index (κ1) is 37.5. The molecule has 0 radical (unpaired) electrons. The summed E-state index contributed by atoms with van der Waals surface area (Å²) in [7, 11) is 0.114. The lowest BCUT2D eigenvalue weighted by molar-refractivity contribution is -0.155. The predicted molar refractivity (Wildman–Crippen MR) is 181 cm³/mol. The molecular formula is C34H37Cl2F2N3O8S. The Morgan fingerprint density at radius 3 is 2.34 bits per heavy atom. The van der Waals surface area contributed by atoms with Gasteiger partial charge in [-0.1, -0.05) is 29.3 Å². The molecule has 2 atom stereocenters. The van der Waals surface area contributed by atoms with Gasteiger partial charge in [0.15, 0.2) is 11.5 Å². The molecule has 2 fully saturated rings. The highest BCUT2D eigenvalue weighted by atomic mass is 35.5. The van der Waals surface area contributed by atoms with Gasteiger partial charge in [0.25, 0.3) is 5.91 Å². The van der Waals surface area contributed by atoms with Crippen LogP contribution >= 0.6 is 23.2 Å². The van der Waals surface area contributed by atoms with Crippen molar-refractivity contribution < 1.29 is 45.7 Å². The van der Waals surface area contributed by atoms with Crippen LogP contribution in [0.2, 0.25) is 10.0 Å². The molecule has 11 nitrogen and oxygen atoms in total. The van der Waals surface area contributed by atoms with E-state index in [1.807, 2.05) is 0 Å². The van der Waals surface area contributed by atoms with E-state index in [0.717, 1.165) is 17.1 Å². The monoisotopic (exact) mass is 755 g/mol. The zero-order valence-corrected chi connectivity index (χ0v) is 29.9. The first-order valence-electron chi connectivity index (χ1n) is 15.9. The van der Waals surface area contributed by atoms with Crippen LogP contribution in [0.15, 0.2) is 53.7 Å². The molecule has 16 heteroatoms. The molecule has 1 amide bonds. The van der Waals surface area contributed by atoms with Crippen molar-refractivity contribution in [2.45, 2.75) is 62.2 Å². The third-order valence-corrected chi connectivity index (χ3v) is 11.0. The van der Waals surface area contributed by atoms with Crippen LogP contribution < -0.4 is 14.2 Å². The number of piperidine rings is 1. The number of methoxy groups -OCH3 is 1. The van der Waals surface area contributed by atoms with Crippen LogP contribution in [0.5, 0.6) is 17.2 Å². The van der Waals surface area contributed by atoms with E-state index < -0.39 is 40.7 Å². The molecule has 0 N–H and O–H groups in total. The van der Waals surface area contributed by atoms with Gasteiger partial charge in [0.2, 0.25) is 10.0 Å². The predicted octanol–water partition coefficient (Wildman–Crippen LogP) is 6.56. The first-order chi connectivity index (χ1) is 23.8. The van der Waals surface area contributed by atoms with Crippen LogP contribution in [0.3, 0.4) is 0 Å². The van der Waals surface area contributed by atoms with Gasteiger partial charge in [-0.3, -0.25) is 14.6 Å². The number of aromatic nitrogens is 1. The molecule has 5 rings (SSSR count). The molecule has 1 aromatic heterocycles. The van der Waals surface area contributed by atoms with Crippen molar-refractivity contribution in [2.75, 3.05) is 34.4 Å². The maximum absolute atomic E-state index is 14.1. The molecule has 3 aromatic rings. The molecule has 2 heterocycles. The lowest BCUT2D eigenvalue weighted by atomic mass is 10.0. The second kappa shape index (κ2) is 16.1. The molecule has 1 aliphatic carbocycles. The number of nitrogens with zero attached hydrogens (tertiary/aromatic N) is 3. The number of pyridine rings is 1. The smallest absolute Gasteiger partial charge is 0.387 e. The van der Waals surface area contributed by atoms with E-state index in [9.17, 15) is 26.8 Å². The second-order valence-corrected chi connectivity index (χ2v) is 14.9. The third kappa shape index (κ3) is 8.76. The molecule has 2 aromatic carbocycles. The summed E-state index contributed by atoms with van der Waals surface area (Å²) in [6.45, 7) is -2.79. The van der Waals surface area contributed by atoms with Gasteiger partial charge < -0.3 is 23.8 Å². The van der Waals surface area contributed by atoms with Crippen molar-refractivity contribution in [3.8, 4) is 17.2 Å². The van der Waals surface area contributed by atoms with E-state index in [2.05, 4.69) is 9.72 Å². The maximum atomic E-state index is 14.1. The number of benzene rings is 2. The number of hydrogen-bond donors (Lipinski definition) is 0. The van der Waals surface area contributed by atoms with Gasteiger partial charge in [0.05, 0.1) is 34.2 Å². The molecule has 0 bridgehead atoms. The van der Waals surface area contributed by atoms with E-state index >= 15 is 0 Å². The minimum absolute atomic E-state index is 0.0244. The molecule has 1 saturated carbocycles. The van der Waals surface area contributed by atoms with Crippen LogP contribution in [0, 0.1) is 5.92 Å². The number of amides is 1. The normalized spacial score (nSPS) is 17.2. The quantitative estimate of drug-likeness (QED) is 0.168. The van der Waals surface area contributed by atoms with Crippen molar-refractivity contribution in [1.82, 2.24) is 14.2 Å². The van der Waals surface area contributed by atoms with E-state index in [0.29, 0.717) is 29.9 Å². The second-order valence-electron chi connectivity index (χ2n) is 12.2. The largest absolute Gasteiger partial charge is 0.496 e. The van der Waals surface area contributed by atoms with Crippen LogP contribution in [0.25, 0.3) is 0 Å². The number of esters is 1. The third-order valence-electron chi connectivity index (χ3n) is 8.47. The summed E-state index contributed by atoms with van der Waals surface area (Å²) in [4.78, 5) is 32.0. The van der Waals surface area contributed by atoms with E-state index in [1.54, 1.807) is 0 Å². The Kier molecular flexibility index (Phi) is 12.1. The number of halogens is 4. The Labute approximate surface area is 299 Å². The summed E-state index contributed by atoms with van der Waals surface area (Å²) in [5.41, 5.74) is 0.792. The number of rotatable bonds is 14. The SMILES string of the molecule is COc1ccc(S(=O)(=O)N2CCCC[C@H]2C(=O)OC(Cc2c(Cl)cncc2Cl)c2ccc(OC(F)F)c(OCC3CC3)c2)cc1C(=O)N(C)C. The van der Waals surface area contributed by atoms with Gasteiger partial charge >= 0.3 is 12.6 Å². The van der Waals surface area contributed by atoms with Gasteiger partial charge in [-0.05, 0) is 79.5 Å². The zero-order valence-electron chi connectivity index (χ0n) is 27.6. The fraction of sp³-hybridized carbons (Fsp3) is 0.441.